The Kier molecular flexibility index (Phi) is 6.94. The van der Waals surface area contributed by atoms with Gasteiger partial charge in [0.25, 0.3) is 11.8 Å². The fraction of sp³-hybridized carbons (Fsp3) is 0.0909. The fourth-order valence-electron chi connectivity index (χ4n) is 0.948. The molecule has 1 aliphatic rings. The van der Waals surface area contributed by atoms with E-state index in [1.54, 1.807) is 6.92 Å². The lowest BCUT2D eigenvalue weighted by Crippen LogP contribution is -2.21. The van der Waals surface area contributed by atoms with E-state index in [1.165, 1.54) is 6.08 Å². The third-order valence-corrected chi connectivity index (χ3v) is 3.68. The highest BCUT2D eigenvalue weighted by Crippen LogP contribution is 2.20. The van der Waals surface area contributed by atoms with Crippen molar-refractivity contribution in [3.63, 3.8) is 0 Å². The molecule has 0 radical (unpaired) electrons. The zero-order chi connectivity index (χ0) is 12.1. The lowest BCUT2D eigenvalue weighted by Gasteiger charge is -1.89. The van der Waals surface area contributed by atoms with Crippen LogP contribution in [0, 0.1) is 0 Å². The number of imide groups is 1. The molecule has 0 unspecified atom stereocenters. The second-order valence-electron chi connectivity index (χ2n) is 3.06. The predicted octanol–water partition coefficient (Wildman–Crippen LogP) is 2.96. The average molecular weight is 364 g/mol. The van der Waals surface area contributed by atoms with Gasteiger partial charge in [0.15, 0.2) is 0 Å². The summed E-state index contributed by atoms with van der Waals surface area (Å²) in [6, 6.07) is 7.94. The molecule has 4 nitrogen and oxygen atoms in total. The van der Waals surface area contributed by atoms with Crippen molar-refractivity contribution in [2.45, 2.75) is 6.92 Å². The summed E-state index contributed by atoms with van der Waals surface area (Å²) in [5.41, 5.74) is 0.481. The molecule has 0 bridgehead atoms. The molecule has 1 aromatic carbocycles. The van der Waals surface area contributed by atoms with Crippen LogP contribution < -0.4 is 11.5 Å². The number of benzene rings is 1. The average Bonchev–Trinajstić information content (AvgIpc) is 2.50. The molecule has 0 aromatic heterocycles. The summed E-state index contributed by atoms with van der Waals surface area (Å²) >= 11 is 6.70. The van der Waals surface area contributed by atoms with Gasteiger partial charge in [-0.1, -0.05) is 12.1 Å². The second-order valence-corrected chi connectivity index (χ2v) is 4.77. The summed E-state index contributed by atoms with van der Waals surface area (Å²) < 4.78 is 2.19. The summed E-state index contributed by atoms with van der Waals surface area (Å²) in [6.45, 7) is 1.60. The van der Waals surface area contributed by atoms with Gasteiger partial charge in [0.1, 0.15) is 0 Å². The van der Waals surface area contributed by atoms with E-state index in [0.29, 0.717) is 5.57 Å². The molecule has 0 fully saturated rings. The lowest BCUT2D eigenvalue weighted by atomic mass is 10.3. The van der Waals surface area contributed by atoms with Gasteiger partial charge in [-0.2, -0.15) is 0 Å². The fourth-order valence-corrected chi connectivity index (χ4v) is 1.52. The number of amides is 2. The van der Waals surface area contributed by atoms with Gasteiger partial charge in [0.2, 0.25) is 0 Å². The Labute approximate surface area is 116 Å². The van der Waals surface area contributed by atoms with Crippen molar-refractivity contribution in [1.82, 2.24) is 11.5 Å². The molecular weight excluding hydrogens is 352 g/mol. The maximum atomic E-state index is 10.4. The van der Waals surface area contributed by atoms with Crippen LogP contribution in [-0.4, -0.2) is 11.8 Å². The molecule has 0 saturated heterocycles. The predicted molar refractivity (Wildman–Crippen MR) is 73.8 cm³/mol. The summed E-state index contributed by atoms with van der Waals surface area (Å²) in [5, 5.41) is 2.10. The third kappa shape index (κ3) is 5.25. The van der Waals surface area contributed by atoms with Gasteiger partial charge < -0.3 is 6.15 Å². The van der Waals surface area contributed by atoms with Crippen LogP contribution in [0.25, 0.3) is 0 Å². The molecule has 0 spiro atoms. The van der Waals surface area contributed by atoms with Crippen LogP contribution in [0.2, 0.25) is 0 Å². The molecule has 0 aliphatic carbocycles. The second kappa shape index (κ2) is 7.37. The van der Waals surface area contributed by atoms with Gasteiger partial charge in [-0.05, 0) is 50.9 Å². The number of rotatable bonds is 0. The first-order valence-electron chi connectivity index (χ1n) is 4.44. The summed E-state index contributed by atoms with van der Waals surface area (Å²) in [7, 11) is 0. The van der Waals surface area contributed by atoms with E-state index in [1.807, 2.05) is 24.3 Å². The topological polar surface area (TPSA) is 81.2 Å². The van der Waals surface area contributed by atoms with E-state index in [9.17, 15) is 9.59 Å². The number of halogens is 2. The number of hydrogen-bond acceptors (Lipinski definition) is 3. The van der Waals surface area contributed by atoms with Crippen LogP contribution in [-0.2, 0) is 9.59 Å². The number of nitrogens with one attached hydrogen (secondary N) is 1. The highest BCUT2D eigenvalue weighted by Gasteiger charge is 2.15. The summed E-state index contributed by atoms with van der Waals surface area (Å²) in [4.78, 5) is 20.6. The molecule has 17 heavy (non-hydrogen) atoms. The molecule has 2 rings (SSSR count). The largest absolute Gasteiger partial charge is 0.344 e. The molecule has 2 amide bonds. The summed E-state index contributed by atoms with van der Waals surface area (Å²) in [6.07, 6.45) is 1.28. The van der Waals surface area contributed by atoms with Crippen LogP contribution in [0.5, 0.6) is 0 Å². The van der Waals surface area contributed by atoms with Crippen LogP contribution in [0.3, 0.4) is 0 Å². The van der Waals surface area contributed by atoms with Crippen LogP contribution in [0.15, 0.2) is 44.9 Å². The monoisotopic (exact) mass is 362 g/mol. The van der Waals surface area contributed by atoms with Gasteiger partial charge in [0.05, 0.1) is 0 Å². The SMILES string of the molecule is Brc1ccccc1Br.CC1=CC(=O)NC1=O.N. The molecule has 1 aromatic rings. The van der Waals surface area contributed by atoms with Crippen LogP contribution in [0.4, 0.5) is 0 Å². The standard InChI is InChI=1S/C6H4Br2.C5H5NO2.H3N/c7-5-3-1-2-4-6(5)8;1-3-2-4(7)6-5(3)8;/h1-4H;2H,1H3,(H,6,7,8);1H3. The van der Waals surface area contributed by atoms with E-state index in [4.69, 9.17) is 0 Å². The zero-order valence-electron chi connectivity index (χ0n) is 9.17. The molecule has 1 heterocycles. The van der Waals surface area contributed by atoms with Crippen molar-refractivity contribution < 1.29 is 9.59 Å². The van der Waals surface area contributed by atoms with Gasteiger partial charge in [0, 0.05) is 20.6 Å². The number of carbonyl (C=O) groups is 2. The number of carbonyl (C=O) groups excluding carboxylic acids is 2. The molecule has 0 saturated carbocycles. The summed E-state index contributed by atoms with van der Waals surface area (Å²) in [5.74, 6) is -0.595. The minimum atomic E-state index is -0.312. The Morgan fingerprint density at radius 1 is 1.06 bits per heavy atom. The third-order valence-electron chi connectivity index (χ3n) is 1.77. The Hall–Kier alpha value is -0.980. The minimum Gasteiger partial charge on any atom is -0.344 e. The molecule has 1 aliphatic heterocycles. The van der Waals surface area contributed by atoms with Crippen molar-refractivity contribution in [2.75, 3.05) is 0 Å². The number of hydrogen-bond donors (Lipinski definition) is 2. The van der Waals surface area contributed by atoms with E-state index in [2.05, 4.69) is 37.2 Å². The van der Waals surface area contributed by atoms with E-state index in [0.717, 1.165) is 8.95 Å². The molecule has 92 valence electrons. The zero-order valence-corrected chi connectivity index (χ0v) is 12.3. The van der Waals surface area contributed by atoms with Gasteiger partial charge in [-0.15, -0.1) is 0 Å². The van der Waals surface area contributed by atoms with Crippen molar-refractivity contribution in [3.8, 4) is 0 Å². The first-order chi connectivity index (χ1) is 7.50. The molecule has 6 heteroatoms. The highest BCUT2D eigenvalue weighted by molar-refractivity contribution is 9.13. The van der Waals surface area contributed by atoms with E-state index < -0.39 is 0 Å². The maximum absolute atomic E-state index is 10.4. The van der Waals surface area contributed by atoms with Crippen molar-refractivity contribution in [2.24, 2.45) is 0 Å². The van der Waals surface area contributed by atoms with Crippen molar-refractivity contribution >= 4 is 43.7 Å². The van der Waals surface area contributed by atoms with Gasteiger partial charge in [-0.25, -0.2) is 0 Å². The first-order valence-corrected chi connectivity index (χ1v) is 6.03. The Morgan fingerprint density at radius 2 is 1.53 bits per heavy atom. The lowest BCUT2D eigenvalue weighted by molar-refractivity contribution is -0.123. The Bertz CT molecular complexity index is 438. The Morgan fingerprint density at radius 3 is 1.71 bits per heavy atom. The maximum Gasteiger partial charge on any atom is 0.253 e. The minimum absolute atomic E-state index is 0. The van der Waals surface area contributed by atoms with Crippen LogP contribution in [0.1, 0.15) is 6.92 Å². The van der Waals surface area contributed by atoms with Gasteiger partial charge in [-0.3, -0.25) is 14.9 Å². The van der Waals surface area contributed by atoms with Crippen molar-refractivity contribution in [1.29, 1.82) is 0 Å². The van der Waals surface area contributed by atoms with Crippen LogP contribution >= 0.6 is 31.9 Å². The molecular formula is C11H12Br2N2O2. The van der Waals surface area contributed by atoms with E-state index >= 15 is 0 Å². The quantitative estimate of drug-likeness (QED) is 0.695. The Balaban J connectivity index is 0.000000284. The van der Waals surface area contributed by atoms with E-state index in [-0.39, 0.29) is 18.0 Å². The normalized spacial score (nSPS) is 13.0. The molecule has 4 N–H and O–H groups in total. The van der Waals surface area contributed by atoms with Crippen molar-refractivity contribution in [3.05, 3.63) is 44.9 Å². The smallest absolute Gasteiger partial charge is 0.253 e. The highest BCUT2D eigenvalue weighted by atomic mass is 79.9. The van der Waals surface area contributed by atoms with Gasteiger partial charge >= 0.3 is 0 Å². The first kappa shape index (κ1) is 16.0. The molecule has 0 atom stereocenters.